The third kappa shape index (κ3) is 6.03. The molecule has 1 saturated heterocycles. The number of halogens is 2. The van der Waals surface area contributed by atoms with Crippen LogP contribution in [0.25, 0.3) is 26.4 Å². The van der Waals surface area contributed by atoms with Crippen LogP contribution in [0.15, 0.2) is 48.7 Å². The molecule has 5 rings (SSSR count). The van der Waals surface area contributed by atoms with Crippen molar-refractivity contribution >= 4 is 57.2 Å². The zero-order chi connectivity index (χ0) is 23.5. The van der Waals surface area contributed by atoms with Crippen molar-refractivity contribution in [2.75, 3.05) is 32.7 Å². The monoisotopic (exact) mass is 547 g/mol. The predicted octanol–water partition coefficient (Wildman–Crippen LogP) is 5.95. The third-order valence-electron chi connectivity index (χ3n) is 6.86. The van der Waals surface area contributed by atoms with Gasteiger partial charge < -0.3 is 15.5 Å². The lowest BCUT2D eigenvalue weighted by molar-refractivity contribution is 0.0952. The lowest BCUT2D eigenvalue weighted by atomic mass is 10.0. The summed E-state index contributed by atoms with van der Waals surface area (Å²) in [5.41, 5.74) is 5.26. The normalized spacial score (nSPS) is 15.2. The van der Waals surface area contributed by atoms with Crippen molar-refractivity contribution in [2.45, 2.75) is 39.2 Å². The highest BCUT2D eigenvalue weighted by Crippen LogP contribution is 2.31. The van der Waals surface area contributed by atoms with Gasteiger partial charge >= 0.3 is 0 Å². The van der Waals surface area contributed by atoms with Gasteiger partial charge in [0.2, 0.25) is 0 Å². The summed E-state index contributed by atoms with van der Waals surface area (Å²) in [4.78, 5) is 20.8. The average Bonchev–Trinajstić information content (AvgIpc) is 3.60. The molecule has 1 fully saturated rings. The number of aromatic nitrogens is 2. The number of benzene rings is 2. The van der Waals surface area contributed by atoms with Crippen molar-refractivity contribution < 1.29 is 4.79 Å². The van der Waals surface area contributed by atoms with Gasteiger partial charge in [0.25, 0.3) is 5.91 Å². The highest BCUT2D eigenvalue weighted by Gasteiger charge is 2.17. The molecule has 36 heavy (non-hydrogen) atoms. The van der Waals surface area contributed by atoms with E-state index in [1.807, 2.05) is 18.2 Å². The first-order valence-electron chi connectivity index (χ1n) is 12.4. The summed E-state index contributed by atoms with van der Waals surface area (Å²) in [5, 5.41) is 6.62. The van der Waals surface area contributed by atoms with Crippen LogP contribution in [0.1, 0.15) is 55.1 Å². The minimum atomic E-state index is -0.00924. The maximum Gasteiger partial charge on any atom is 0.251 e. The van der Waals surface area contributed by atoms with Gasteiger partial charge in [0.1, 0.15) is 0 Å². The molecule has 4 aromatic rings. The zero-order valence-electron chi connectivity index (χ0n) is 20.8. The second kappa shape index (κ2) is 12.9. The van der Waals surface area contributed by atoms with Gasteiger partial charge in [0.05, 0.1) is 15.9 Å². The highest BCUT2D eigenvalue weighted by molar-refractivity contribution is 7.23. The maximum atomic E-state index is 12.6. The number of hydrogen-bond donors (Lipinski definition) is 2. The van der Waals surface area contributed by atoms with Crippen molar-refractivity contribution in [3.05, 3.63) is 59.8 Å². The van der Waals surface area contributed by atoms with Gasteiger partial charge in [0.15, 0.2) is 4.96 Å². The van der Waals surface area contributed by atoms with Crippen molar-refractivity contribution in [2.24, 2.45) is 0 Å². The quantitative estimate of drug-likeness (QED) is 0.254. The lowest BCUT2D eigenvalue weighted by Crippen LogP contribution is -2.29. The van der Waals surface area contributed by atoms with E-state index >= 15 is 0 Å². The molecule has 2 aromatic heterocycles. The Morgan fingerprint density at radius 3 is 2.64 bits per heavy atom. The van der Waals surface area contributed by atoms with Crippen LogP contribution in [-0.4, -0.2) is 52.9 Å². The van der Waals surface area contributed by atoms with Crippen LogP contribution in [0.3, 0.4) is 0 Å². The molecule has 1 unspecified atom stereocenters. The van der Waals surface area contributed by atoms with E-state index in [0.717, 1.165) is 59.0 Å². The predicted molar refractivity (Wildman–Crippen MR) is 155 cm³/mol. The summed E-state index contributed by atoms with van der Waals surface area (Å²) >= 11 is 1.63. The summed E-state index contributed by atoms with van der Waals surface area (Å²) < 4.78 is 3.21. The van der Waals surface area contributed by atoms with E-state index in [4.69, 9.17) is 4.98 Å². The Labute approximate surface area is 229 Å². The number of carbonyl (C=O) groups excluding carboxylic acids is 1. The van der Waals surface area contributed by atoms with E-state index in [0.29, 0.717) is 18.2 Å². The molecule has 1 aliphatic rings. The standard InChI is InChI=1S/C27H33N5OS.2ClH/c1-3-31(4-2)16-6-15-29-26(33)21-12-13-24-25(17-21)34-27-30-23(18-32(24)27)20-10-8-19(9-11-20)22-7-5-14-28-22;;/h8-13,17-18,22,28H,3-7,14-16H2,1-2H3,(H,29,33);2*1H. The van der Waals surface area contributed by atoms with Crippen molar-refractivity contribution in [1.82, 2.24) is 24.9 Å². The summed E-state index contributed by atoms with van der Waals surface area (Å²) in [6, 6.07) is 15.2. The van der Waals surface area contributed by atoms with Crippen LogP contribution in [0, 0.1) is 0 Å². The van der Waals surface area contributed by atoms with Gasteiger partial charge in [-0.05, 0) is 69.2 Å². The van der Waals surface area contributed by atoms with Gasteiger partial charge in [-0.25, -0.2) is 4.98 Å². The van der Waals surface area contributed by atoms with Gasteiger partial charge in [-0.15, -0.1) is 24.8 Å². The molecular weight excluding hydrogens is 513 g/mol. The molecule has 6 nitrogen and oxygen atoms in total. The summed E-state index contributed by atoms with van der Waals surface area (Å²) in [7, 11) is 0. The molecule has 0 spiro atoms. The Morgan fingerprint density at radius 2 is 1.94 bits per heavy atom. The molecule has 194 valence electrons. The number of nitrogens with one attached hydrogen (secondary N) is 2. The van der Waals surface area contributed by atoms with Crippen molar-refractivity contribution in [3.63, 3.8) is 0 Å². The van der Waals surface area contributed by atoms with E-state index in [1.165, 1.54) is 18.4 Å². The van der Waals surface area contributed by atoms with Gasteiger partial charge in [0, 0.05) is 29.9 Å². The number of rotatable bonds is 9. The Bertz CT molecular complexity index is 1280. The van der Waals surface area contributed by atoms with Crippen LogP contribution in [0.2, 0.25) is 0 Å². The zero-order valence-corrected chi connectivity index (χ0v) is 23.3. The number of thiazole rings is 1. The van der Waals surface area contributed by atoms with Crippen molar-refractivity contribution in [3.8, 4) is 11.3 Å². The Morgan fingerprint density at radius 1 is 1.17 bits per heavy atom. The maximum absolute atomic E-state index is 12.6. The number of amides is 1. The highest BCUT2D eigenvalue weighted by atomic mass is 35.5. The summed E-state index contributed by atoms with van der Waals surface area (Å²) in [5.74, 6) is -0.00924. The number of carbonyl (C=O) groups is 1. The Balaban J connectivity index is 0.00000180. The third-order valence-corrected chi connectivity index (χ3v) is 7.87. The van der Waals surface area contributed by atoms with Crippen LogP contribution < -0.4 is 10.6 Å². The Hall–Kier alpha value is -2.16. The molecule has 0 aliphatic carbocycles. The minimum Gasteiger partial charge on any atom is -0.352 e. The Kier molecular flexibility index (Phi) is 10.2. The first kappa shape index (κ1) is 28.4. The molecule has 2 N–H and O–H groups in total. The van der Waals surface area contributed by atoms with Gasteiger partial charge in [-0.3, -0.25) is 9.20 Å². The second-order valence-corrected chi connectivity index (χ2v) is 9.98. The molecular formula is C27H35Cl2N5OS. The molecule has 0 bridgehead atoms. The van der Waals surface area contributed by atoms with Crippen LogP contribution in [-0.2, 0) is 0 Å². The van der Waals surface area contributed by atoms with Crippen LogP contribution in [0.4, 0.5) is 0 Å². The molecule has 1 amide bonds. The fourth-order valence-corrected chi connectivity index (χ4v) is 5.83. The van der Waals surface area contributed by atoms with E-state index in [1.54, 1.807) is 11.3 Å². The topological polar surface area (TPSA) is 61.7 Å². The van der Waals surface area contributed by atoms with Crippen LogP contribution >= 0.6 is 36.2 Å². The van der Waals surface area contributed by atoms with E-state index in [2.05, 4.69) is 64.2 Å². The first-order chi connectivity index (χ1) is 16.7. The van der Waals surface area contributed by atoms with Crippen molar-refractivity contribution in [1.29, 1.82) is 0 Å². The van der Waals surface area contributed by atoms with E-state index in [9.17, 15) is 4.79 Å². The number of nitrogens with zero attached hydrogens (tertiary/aromatic N) is 3. The van der Waals surface area contributed by atoms with E-state index < -0.39 is 0 Å². The molecule has 0 saturated carbocycles. The number of hydrogen-bond acceptors (Lipinski definition) is 5. The minimum absolute atomic E-state index is 0. The molecule has 0 radical (unpaired) electrons. The SMILES string of the molecule is CCN(CC)CCCNC(=O)c1ccc2c(c1)sc1nc(-c3ccc(C4CCCN4)cc3)cn12.Cl.Cl. The lowest BCUT2D eigenvalue weighted by Gasteiger charge is -2.17. The molecule has 1 atom stereocenters. The van der Waals surface area contributed by atoms with Gasteiger partial charge in [-0.1, -0.05) is 49.4 Å². The fraction of sp³-hybridized carbons (Fsp3) is 0.407. The fourth-order valence-electron chi connectivity index (χ4n) is 4.78. The molecule has 3 heterocycles. The smallest absolute Gasteiger partial charge is 0.251 e. The summed E-state index contributed by atoms with van der Waals surface area (Å²) in [6.45, 7) is 9.25. The molecule has 2 aromatic carbocycles. The first-order valence-corrected chi connectivity index (χ1v) is 13.2. The second-order valence-electron chi connectivity index (χ2n) is 8.97. The number of fused-ring (bicyclic) bond motifs is 3. The van der Waals surface area contributed by atoms with Crippen LogP contribution in [0.5, 0.6) is 0 Å². The largest absolute Gasteiger partial charge is 0.352 e. The number of imidazole rings is 1. The molecule has 1 aliphatic heterocycles. The summed E-state index contributed by atoms with van der Waals surface area (Å²) in [6.07, 6.45) is 5.52. The average molecular weight is 549 g/mol. The van der Waals surface area contributed by atoms with E-state index in [-0.39, 0.29) is 30.7 Å². The van der Waals surface area contributed by atoms with Gasteiger partial charge in [-0.2, -0.15) is 0 Å². The molecule has 9 heteroatoms.